The SMILES string of the molecule is CC(C)Oc1ccc([Si](C)(c2ccccc2)C(C)C)cc1. The molecule has 0 aliphatic rings. The van der Waals surface area contributed by atoms with Crippen LogP contribution in [0.15, 0.2) is 54.6 Å². The molecule has 2 heteroatoms. The first kappa shape index (κ1) is 15.8. The van der Waals surface area contributed by atoms with Crippen molar-refractivity contribution >= 4 is 18.4 Å². The van der Waals surface area contributed by atoms with E-state index in [1.165, 1.54) is 10.4 Å². The first-order valence-corrected chi connectivity index (χ1v) is 10.3. The van der Waals surface area contributed by atoms with Crippen LogP contribution in [-0.2, 0) is 0 Å². The van der Waals surface area contributed by atoms with Crippen molar-refractivity contribution < 1.29 is 4.74 Å². The maximum Gasteiger partial charge on any atom is 0.119 e. The van der Waals surface area contributed by atoms with Crippen LogP contribution in [0.1, 0.15) is 27.7 Å². The number of hydrogen-bond donors (Lipinski definition) is 0. The summed E-state index contributed by atoms with van der Waals surface area (Å²) in [4.78, 5) is 0. The van der Waals surface area contributed by atoms with E-state index in [1.54, 1.807) is 0 Å². The lowest BCUT2D eigenvalue weighted by Crippen LogP contribution is -2.57. The highest BCUT2D eigenvalue weighted by Crippen LogP contribution is 2.22. The normalized spacial score (nSPS) is 14.2. The predicted molar refractivity (Wildman–Crippen MR) is 94.6 cm³/mol. The Labute approximate surface area is 130 Å². The van der Waals surface area contributed by atoms with E-state index in [0.717, 1.165) is 5.75 Å². The zero-order valence-electron chi connectivity index (χ0n) is 13.8. The molecule has 2 aromatic rings. The van der Waals surface area contributed by atoms with Crippen LogP contribution in [0.3, 0.4) is 0 Å². The van der Waals surface area contributed by atoms with Crippen LogP contribution in [-0.4, -0.2) is 14.2 Å². The van der Waals surface area contributed by atoms with E-state index in [4.69, 9.17) is 4.74 Å². The lowest BCUT2D eigenvalue weighted by molar-refractivity contribution is 0.242. The summed E-state index contributed by atoms with van der Waals surface area (Å²) in [6.45, 7) is 11.3. The third-order valence-corrected chi connectivity index (χ3v) is 9.73. The van der Waals surface area contributed by atoms with Crippen molar-refractivity contribution in [1.82, 2.24) is 0 Å². The summed E-state index contributed by atoms with van der Waals surface area (Å²) in [5, 5.41) is 2.97. The maximum absolute atomic E-state index is 5.76. The van der Waals surface area contributed by atoms with Gasteiger partial charge in [-0.25, -0.2) is 0 Å². The molecule has 1 unspecified atom stereocenters. The van der Waals surface area contributed by atoms with Crippen LogP contribution in [0, 0.1) is 0 Å². The maximum atomic E-state index is 5.76. The molecule has 0 heterocycles. The van der Waals surface area contributed by atoms with Gasteiger partial charge in [0, 0.05) is 0 Å². The van der Waals surface area contributed by atoms with Gasteiger partial charge in [0.2, 0.25) is 0 Å². The minimum atomic E-state index is -1.70. The molecule has 1 atom stereocenters. The number of rotatable bonds is 5. The Morgan fingerprint density at radius 2 is 1.29 bits per heavy atom. The molecule has 2 rings (SSSR count). The van der Waals surface area contributed by atoms with Gasteiger partial charge in [-0.2, -0.15) is 0 Å². The molecule has 0 spiro atoms. The number of benzene rings is 2. The van der Waals surface area contributed by atoms with E-state index in [1.807, 2.05) is 0 Å². The molecule has 2 aromatic carbocycles. The predicted octanol–water partition coefficient (Wildman–Crippen LogP) is 4.08. The first-order chi connectivity index (χ1) is 9.94. The summed E-state index contributed by atoms with van der Waals surface area (Å²) in [5.41, 5.74) is 0.650. The summed E-state index contributed by atoms with van der Waals surface area (Å²) in [7, 11) is -1.70. The molecule has 0 aliphatic heterocycles. The molecule has 0 amide bonds. The van der Waals surface area contributed by atoms with Crippen molar-refractivity contribution in [2.45, 2.75) is 45.9 Å². The van der Waals surface area contributed by atoms with Gasteiger partial charge in [-0.05, 0) is 31.5 Å². The lowest BCUT2D eigenvalue weighted by atomic mass is 10.3. The van der Waals surface area contributed by atoms with Crippen molar-refractivity contribution in [2.75, 3.05) is 0 Å². The molecule has 0 N–H and O–H groups in total. The zero-order valence-corrected chi connectivity index (χ0v) is 14.8. The third kappa shape index (κ3) is 3.38. The topological polar surface area (TPSA) is 9.23 Å². The standard InChI is InChI=1S/C19H26OSi/c1-15(2)20-17-11-13-19(14-12-17)21(5,16(3)4)18-9-7-6-8-10-18/h6-16H,1-5H3. The molecule has 0 saturated carbocycles. The lowest BCUT2D eigenvalue weighted by Gasteiger charge is -2.33. The van der Waals surface area contributed by atoms with Gasteiger partial charge in [0.1, 0.15) is 13.8 Å². The second kappa shape index (κ2) is 6.48. The van der Waals surface area contributed by atoms with Crippen LogP contribution in [0.4, 0.5) is 0 Å². The van der Waals surface area contributed by atoms with Gasteiger partial charge < -0.3 is 4.74 Å². The molecular weight excluding hydrogens is 272 g/mol. The number of ether oxygens (including phenoxy) is 1. The van der Waals surface area contributed by atoms with Gasteiger partial charge in [-0.1, -0.05) is 73.2 Å². The van der Waals surface area contributed by atoms with Crippen LogP contribution in [0.5, 0.6) is 5.75 Å². The minimum absolute atomic E-state index is 0.221. The van der Waals surface area contributed by atoms with Crippen LogP contribution in [0.2, 0.25) is 12.1 Å². The van der Waals surface area contributed by atoms with E-state index < -0.39 is 8.07 Å². The Hall–Kier alpha value is -1.54. The van der Waals surface area contributed by atoms with E-state index in [0.29, 0.717) is 5.54 Å². The minimum Gasteiger partial charge on any atom is -0.491 e. The molecule has 0 aromatic heterocycles. The van der Waals surface area contributed by atoms with Crippen molar-refractivity contribution in [3.63, 3.8) is 0 Å². The van der Waals surface area contributed by atoms with Crippen LogP contribution < -0.4 is 15.1 Å². The Balaban J connectivity index is 2.39. The second-order valence-corrected chi connectivity index (χ2v) is 11.1. The average molecular weight is 299 g/mol. The first-order valence-electron chi connectivity index (χ1n) is 7.77. The summed E-state index contributed by atoms with van der Waals surface area (Å²) < 4.78 is 5.76. The molecule has 0 bridgehead atoms. The quantitative estimate of drug-likeness (QED) is 0.756. The third-order valence-electron chi connectivity index (χ3n) is 4.35. The van der Waals surface area contributed by atoms with Gasteiger partial charge >= 0.3 is 0 Å². The molecule has 0 radical (unpaired) electrons. The van der Waals surface area contributed by atoms with E-state index >= 15 is 0 Å². The van der Waals surface area contributed by atoms with E-state index in [-0.39, 0.29) is 6.10 Å². The Bertz CT molecular complexity index is 560. The fourth-order valence-corrected chi connectivity index (χ4v) is 6.18. The van der Waals surface area contributed by atoms with Crippen molar-refractivity contribution in [2.24, 2.45) is 0 Å². The summed E-state index contributed by atoms with van der Waals surface area (Å²) in [6, 6.07) is 19.7. The highest BCUT2D eigenvalue weighted by molar-refractivity contribution is 7.02. The van der Waals surface area contributed by atoms with E-state index in [9.17, 15) is 0 Å². The molecule has 0 saturated heterocycles. The Morgan fingerprint density at radius 3 is 1.76 bits per heavy atom. The highest BCUT2D eigenvalue weighted by atomic mass is 28.3. The summed E-state index contributed by atoms with van der Waals surface area (Å²) in [6.07, 6.45) is 0.221. The van der Waals surface area contributed by atoms with Crippen molar-refractivity contribution in [1.29, 1.82) is 0 Å². The summed E-state index contributed by atoms with van der Waals surface area (Å²) in [5.74, 6) is 0.960. The Morgan fingerprint density at radius 1 is 0.762 bits per heavy atom. The fourth-order valence-electron chi connectivity index (χ4n) is 2.77. The van der Waals surface area contributed by atoms with Gasteiger partial charge in [0.15, 0.2) is 0 Å². The molecular formula is C19H26OSi. The summed E-state index contributed by atoms with van der Waals surface area (Å²) >= 11 is 0. The van der Waals surface area contributed by atoms with Crippen molar-refractivity contribution in [3.05, 3.63) is 54.6 Å². The van der Waals surface area contributed by atoms with E-state index in [2.05, 4.69) is 88.8 Å². The van der Waals surface area contributed by atoms with Gasteiger partial charge in [-0.3, -0.25) is 0 Å². The smallest absolute Gasteiger partial charge is 0.119 e. The second-order valence-electron chi connectivity index (χ2n) is 6.41. The largest absolute Gasteiger partial charge is 0.491 e. The molecule has 0 aliphatic carbocycles. The fraction of sp³-hybridized carbons (Fsp3) is 0.368. The van der Waals surface area contributed by atoms with Crippen molar-refractivity contribution in [3.8, 4) is 5.75 Å². The van der Waals surface area contributed by atoms with Crippen LogP contribution in [0.25, 0.3) is 0 Å². The van der Waals surface area contributed by atoms with Gasteiger partial charge in [-0.15, -0.1) is 0 Å². The molecule has 1 nitrogen and oxygen atoms in total. The zero-order chi connectivity index (χ0) is 15.5. The monoisotopic (exact) mass is 298 g/mol. The highest BCUT2D eigenvalue weighted by Gasteiger charge is 2.35. The molecule has 21 heavy (non-hydrogen) atoms. The van der Waals surface area contributed by atoms with Crippen LogP contribution >= 0.6 is 0 Å². The number of hydrogen-bond acceptors (Lipinski definition) is 1. The van der Waals surface area contributed by atoms with Gasteiger partial charge in [0.05, 0.1) is 6.10 Å². The Kier molecular flexibility index (Phi) is 4.89. The average Bonchev–Trinajstić information content (AvgIpc) is 2.47. The molecule has 0 fully saturated rings. The van der Waals surface area contributed by atoms with Gasteiger partial charge in [0.25, 0.3) is 0 Å². The molecule has 112 valence electrons.